The minimum atomic E-state index is -0.0472. The predicted octanol–water partition coefficient (Wildman–Crippen LogP) is 2.37. The van der Waals surface area contributed by atoms with Crippen LogP contribution in [0.1, 0.15) is 41.0 Å². The Kier molecular flexibility index (Phi) is 2.50. The summed E-state index contributed by atoms with van der Waals surface area (Å²) in [6.07, 6.45) is 1.28. The van der Waals surface area contributed by atoms with E-state index in [1.165, 1.54) is 0 Å². The zero-order chi connectivity index (χ0) is 9.41. The zero-order valence-electron chi connectivity index (χ0n) is 8.81. The van der Waals surface area contributed by atoms with Gasteiger partial charge in [-0.05, 0) is 34.6 Å². The summed E-state index contributed by atoms with van der Waals surface area (Å²) in [6, 6.07) is 0. The number of ether oxygens (including phenoxy) is 2. The molecule has 0 aliphatic carbocycles. The van der Waals surface area contributed by atoms with Crippen LogP contribution >= 0.6 is 0 Å². The Balaban J connectivity index is 2.39. The van der Waals surface area contributed by atoms with Gasteiger partial charge in [-0.3, -0.25) is 0 Å². The van der Waals surface area contributed by atoms with E-state index in [1.807, 2.05) is 0 Å². The van der Waals surface area contributed by atoms with Crippen LogP contribution in [-0.2, 0) is 9.47 Å². The molecule has 0 N–H and O–H groups in total. The number of hydrogen-bond acceptors (Lipinski definition) is 2. The molecule has 1 aliphatic heterocycles. The van der Waals surface area contributed by atoms with Crippen LogP contribution in [-0.4, -0.2) is 23.9 Å². The van der Waals surface area contributed by atoms with Crippen LogP contribution in [0.4, 0.5) is 0 Å². The molecule has 0 aromatic heterocycles. The summed E-state index contributed by atoms with van der Waals surface area (Å²) in [4.78, 5) is 0. The van der Waals surface area contributed by atoms with E-state index in [9.17, 15) is 0 Å². The highest BCUT2D eigenvalue weighted by molar-refractivity contribution is 4.83. The van der Waals surface area contributed by atoms with Crippen molar-refractivity contribution in [1.82, 2.24) is 0 Å². The van der Waals surface area contributed by atoms with E-state index in [2.05, 4.69) is 34.6 Å². The van der Waals surface area contributed by atoms with Gasteiger partial charge in [0.1, 0.15) is 0 Å². The Morgan fingerprint density at radius 3 is 2.25 bits per heavy atom. The van der Waals surface area contributed by atoms with Crippen molar-refractivity contribution < 1.29 is 9.47 Å². The molecule has 1 aliphatic rings. The van der Waals surface area contributed by atoms with Crippen molar-refractivity contribution >= 4 is 0 Å². The first kappa shape index (κ1) is 10.0. The summed E-state index contributed by atoms with van der Waals surface area (Å²) in [6.45, 7) is 11.2. The van der Waals surface area contributed by atoms with Gasteiger partial charge >= 0.3 is 0 Å². The average Bonchev–Trinajstić information content (AvgIpc) is 2.05. The van der Waals surface area contributed by atoms with Crippen LogP contribution in [0.3, 0.4) is 0 Å². The Morgan fingerprint density at radius 1 is 1.33 bits per heavy atom. The van der Waals surface area contributed by atoms with Crippen LogP contribution < -0.4 is 0 Å². The first-order valence-corrected chi connectivity index (χ1v) is 4.60. The summed E-state index contributed by atoms with van der Waals surface area (Å²) in [5.74, 6) is 0. The smallest absolute Gasteiger partial charge is 0.0843 e. The molecule has 0 spiro atoms. The minimum Gasteiger partial charge on any atom is -0.373 e. The van der Waals surface area contributed by atoms with Gasteiger partial charge < -0.3 is 9.47 Å². The van der Waals surface area contributed by atoms with E-state index in [0.29, 0.717) is 0 Å². The van der Waals surface area contributed by atoms with Crippen LogP contribution in [0.2, 0.25) is 0 Å². The van der Waals surface area contributed by atoms with E-state index >= 15 is 0 Å². The molecule has 1 rings (SSSR count). The van der Waals surface area contributed by atoms with Crippen molar-refractivity contribution in [1.29, 1.82) is 0 Å². The molecule has 1 atom stereocenters. The Labute approximate surface area is 75.2 Å². The lowest BCUT2D eigenvalue weighted by Crippen LogP contribution is -2.28. The molecule has 1 heterocycles. The second kappa shape index (κ2) is 3.00. The maximum Gasteiger partial charge on any atom is 0.0843 e. The van der Waals surface area contributed by atoms with E-state index in [-0.39, 0.29) is 17.3 Å². The highest BCUT2D eigenvalue weighted by Gasteiger charge is 2.34. The fraction of sp³-hybridized carbons (Fsp3) is 1.00. The zero-order valence-corrected chi connectivity index (χ0v) is 8.81. The number of hydrogen-bond donors (Lipinski definition) is 0. The molecule has 0 amide bonds. The second-order valence-electron chi connectivity index (χ2n) is 5.13. The SMILES string of the molecule is CC(C)(C)OC1COC(C)(C)C1. The summed E-state index contributed by atoms with van der Waals surface area (Å²) in [7, 11) is 0. The molecule has 0 aromatic rings. The highest BCUT2D eigenvalue weighted by Crippen LogP contribution is 2.28. The molecule has 0 bridgehead atoms. The van der Waals surface area contributed by atoms with Gasteiger partial charge in [-0.1, -0.05) is 0 Å². The molecule has 0 saturated carbocycles. The summed E-state index contributed by atoms with van der Waals surface area (Å²) >= 11 is 0. The molecule has 12 heavy (non-hydrogen) atoms. The van der Waals surface area contributed by atoms with Crippen molar-refractivity contribution in [3.63, 3.8) is 0 Å². The molecule has 2 heteroatoms. The Bertz CT molecular complexity index is 156. The van der Waals surface area contributed by atoms with Crippen molar-refractivity contribution in [2.75, 3.05) is 6.61 Å². The molecule has 1 fully saturated rings. The van der Waals surface area contributed by atoms with Crippen molar-refractivity contribution in [2.45, 2.75) is 58.3 Å². The first-order valence-electron chi connectivity index (χ1n) is 4.60. The minimum absolute atomic E-state index is 0.00984. The topological polar surface area (TPSA) is 18.5 Å². The molecule has 2 nitrogen and oxygen atoms in total. The monoisotopic (exact) mass is 172 g/mol. The third-order valence-electron chi connectivity index (χ3n) is 1.90. The van der Waals surface area contributed by atoms with E-state index < -0.39 is 0 Å². The average molecular weight is 172 g/mol. The standard InChI is InChI=1S/C10H20O2/c1-9(2,3)12-8-6-10(4,5)11-7-8/h8H,6-7H2,1-5H3. The van der Waals surface area contributed by atoms with Crippen LogP contribution in [0.5, 0.6) is 0 Å². The van der Waals surface area contributed by atoms with Gasteiger partial charge in [0.2, 0.25) is 0 Å². The maximum absolute atomic E-state index is 5.81. The maximum atomic E-state index is 5.81. The number of rotatable bonds is 1. The van der Waals surface area contributed by atoms with E-state index in [1.54, 1.807) is 0 Å². The fourth-order valence-electron chi connectivity index (χ4n) is 1.56. The normalized spacial score (nSPS) is 29.2. The van der Waals surface area contributed by atoms with Crippen molar-refractivity contribution in [3.05, 3.63) is 0 Å². The van der Waals surface area contributed by atoms with Crippen LogP contribution in [0.15, 0.2) is 0 Å². The summed E-state index contributed by atoms with van der Waals surface area (Å²) < 4.78 is 11.4. The van der Waals surface area contributed by atoms with Crippen molar-refractivity contribution in [2.24, 2.45) is 0 Å². The van der Waals surface area contributed by atoms with Crippen molar-refractivity contribution in [3.8, 4) is 0 Å². The highest BCUT2D eigenvalue weighted by atomic mass is 16.6. The molecular weight excluding hydrogens is 152 g/mol. The van der Waals surface area contributed by atoms with Gasteiger partial charge in [0.15, 0.2) is 0 Å². The molecule has 72 valence electrons. The molecule has 0 aromatic carbocycles. The second-order valence-corrected chi connectivity index (χ2v) is 5.13. The third kappa shape index (κ3) is 3.11. The lowest BCUT2D eigenvalue weighted by atomic mass is 10.0. The molecule has 0 radical (unpaired) electrons. The largest absolute Gasteiger partial charge is 0.373 e. The summed E-state index contributed by atoms with van der Waals surface area (Å²) in [5, 5.41) is 0. The summed E-state index contributed by atoms with van der Waals surface area (Å²) in [5.41, 5.74) is -0.0373. The van der Waals surface area contributed by atoms with Gasteiger partial charge in [0.25, 0.3) is 0 Å². The lowest BCUT2D eigenvalue weighted by Gasteiger charge is -2.24. The Morgan fingerprint density at radius 2 is 1.92 bits per heavy atom. The first-order chi connectivity index (χ1) is 5.29. The third-order valence-corrected chi connectivity index (χ3v) is 1.90. The van der Waals surface area contributed by atoms with E-state index in [0.717, 1.165) is 13.0 Å². The predicted molar refractivity (Wildman–Crippen MR) is 49.3 cm³/mol. The molecule has 1 unspecified atom stereocenters. The quantitative estimate of drug-likeness (QED) is 0.604. The van der Waals surface area contributed by atoms with Gasteiger partial charge in [0.05, 0.1) is 23.9 Å². The Hall–Kier alpha value is -0.0800. The molecular formula is C10H20O2. The molecule has 1 saturated heterocycles. The van der Waals surface area contributed by atoms with Gasteiger partial charge in [-0.15, -0.1) is 0 Å². The van der Waals surface area contributed by atoms with Gasteiger partial charge in [-0.25, -0.2) is 0 Å². The van der Waals surface area contributed by atoms with Gasteiger partial charge in [-0.2, -0.15) is 0 Å². The lowest BCUT2D eigenvalue weighted by molar-refractivity contribution is -0.0614. The van der Waals surface area contributed by atoms with Crippen LogP contribution in [0.25, 0.3) is 0 Å². The van der Waals surface area contributed by atoms with E-state index in [4.69, 9.17) is 9.47 Å². The fourth-order valence-corrected chi connectivity index (χ4v) is 1.56. The van der Waals surface area contributed by atoms with Crippen LogP contribution in [0, 0.1) is 0 Å². The van der Waals surface area contributed by atoms with Gasteiger partial charge in [0, 0.05) is 6.42 Å².